The van der Waals surface area contributed by atoms with E-state index in [0.29, 0.717) is 13.0 Å². The van der Waals surface area contributed by atoms with Crippen LogP contribution in [0, 0.1) is 0 Å². The van der Waals surface area contributed by atoms with E-state index in [9.17, 15) is 50.4 Å². The SMILES string of the molecule is CCCCCCCCCC[N+](C)(C)CCCNCc1c(O)cc2c(c1O)-c1c(O)cccc1C1NC(=O)C3NC(=O)C4NC(=O)C(NC(=O)C(N)c5ccc(O)c(c5)Oc5cc(O)cc4c5)C(O)c4ccc(c(Cl)c4)Oc4cc3cc(c4O)Oc3ccc(cc3Cl)C(O)C(NC1=O)C(=O)NC2C(=O)NC. The van der Waals surface area contributed by atoms with E-state index in [1.54, 1.807) is 0 Å². The molecule has 7 amide bonds. The summed E-state index contributed by atoms with van der Waals surface area (Å²) in [5.41, 5.74) is 3.68. The average molecular weight is 1480 g/mol. The highest BCUT2D eigenvalue weighted by molar-refractivity contribution is 6.32. The second-order valence-electron chi connectivity index (χ2n) is 27.1. The molecule has 0 radical (unpaired) electrons. The van der Waals surface area contributed by atoms with E-state index in [-0.39, 0.29) is 78.5 Å². The number of benzene rings is 7. The zero-order chi connectivity index (χ0) is 75.3. The van der Waals surface area contributed by atoms with Gasteiger partial charge < -0.3 is 108 Å². The Morgan fingerprint density at radius 1 is 0.505 bits per heavy atom. The highest BCUT2D eigenvalue weighted by Gasteiger charge is 2.44. The number of fused-ring (bicyclic) bond motifs is 13. The molecule has 0 aromatic heterocycles. The van der Waals surface area contributed by atoms with E-state index in [1.807, 2.05) is 0 Å². The van der Waals surface area contributed by atoms with Crippen LogP contribution in [0.4, 0.5) is 0 Å². The molecular weight excluding hydrogens is 1400 g/mol. The number of aliphatic hydroxyl groups excluding tert-OH is 2. The quantitative estimate of drug-likeness (QED) is 0.0323. The number of rotatable bonds is 16. The van der Waals surface area contributed by atoms with Crippen molar-refractivity contribution in [2.75, 3.05) is 40.8 Å². The third kappa shape index (κ3) is 16.7. The van der Waals surface area contributed by atoms with Crippen LogP contribution in [-0.4, -0.2) is 140 Å². The maximum absolute atomic E-state index is 16.3. The van der Waals surface area contributed by atoms with Crippen LogP contribution in [0.15, 0.2) is 109 Å². The molecule has 554 valence electrons. The molecule has 7 aromatic rings. The molecule has 0 saturated heterocycles. The number of nitrogens with two attached hydrogens (primary N) is 1. The van der Waals surface area contributed by atoms with Gasteiger partial charge in [-0.05, 0) is 125 Å². The molecule has 18 N–H and O–H groups in total. The molecule has 0 aliphatic carbocycles. The van der Waals surface area contributed by atoms with Crippen molar-refractivity contribution in [3.05, 3.63) is 164 Å². The number of carbonyl (C=O) groups excluding carboxylic acids is 7. The molecular formula is C75H83Cl2N10O18+. The number of unbranched alkanes of at least 4 members (excludes halogenated alkanes) is 7. The molecule has 0 spiro atoms. The Kier molecular flexibility index (Phi) is 23.2. The fourth-order valence-corrected chi connectivity index (χ4v) is 13.9. The van der Waals surface area contributed by atoms with Gasteiger partial charge in [0.1, 0.15) is 94.7 Å². The van der Waals surface area contributed by atoms with Crippen LogP contribution in [-0.2, 0) is 40.1 Å². The summed E-state index contributed by atoms with van der Waals surface area (Å²) < 4.78 is 19.3. The number of carbonyl (C=O) groups is 7. The largest absolute Gasteiger partial charge is 0.508 e. The summed E-state index contributed by atoms with van der Waals surface area (Å²) in [5.74, 6) is -14.9. The third-order valence-corrected chi connectivity index (χ3v) is 19.8. The van der Waals surface area contributed by atoms with Gasteiger partial charge >= 0.3 is 0 Å². The highest BCUT2D eigenvalue weighted by atomic mass is 35.5. The van der Waals surface area contributed by atoms with Gasteiger partial charge in [0.15, 0.2) is 23.0 Å². The van der Waals surface area contributed by atoms with Crippen molar-refractivity contribution >= 4 is 64.6 Å². The van der Waals surface area contributed by atoms with E-state index in [2.05, 4.69) is 63.6 Å². The monoisotopic (exact) mass is 1480 g/mol. The van der Waals surface area contributed by atoms with Crippen LogP contribution in [0.2, 0.25) is 10.0 Å². The van der Waals surface area contributed by atoms with Crippen molar-refractivity contribution in [2.24, 2.45) is 5.73 Å². The topological polar surface area (TPSA) is 431 Å². The predicted molar refractivity (Wildman–Crippen MR) is 383 cm³/mol. The predicted octanol–water partition coefficient (Wildman–Crippen LogP) is 7.83. The Morgan fingerprint density at radius 3 is 1.67 bits per heavy atom. The van der Waals surface area contributed by atoms with Crippen LogP contribution in [0.1, 0.15) is 152 Å². The molecule has 6 aliphatic rings. The van der Waals surface area contributed by atoms with Crippen molar-refractivity contribution in [1.29, 1.82) is 0 Å². The number of hydrogen-bond acceptors (Lipinski definition) is 20. The maximum Gasteiger partial charge on any atom is 0.248 e. The Balaban J connectivity index is 1.07. The summed E-state index contributed by atoms with van der Waals surface area (Å²) in [6.07, 6.45) is 5.95. The van der Waals surface area contributed by atoms with Crippen LogP contribution in [0.3, 0.4) is 0 Å². The standard InChI is InChI=1S/C75H82Cl2N10O18/c1-5-6-7-8-9-10-11-12-24-87(3,4)25-14-23-80-35-45-50(91)34-44-57(67(45)94)56-43(15-13-16-49(56)90)61-73(100)86-64(75(102)84-62(44)70(97)79-2)66(93)38-19-22-52(47(77)29-38)105-55-32-40-31-54(68(55)95)104-51-21-18-37(28-46(51)76)65(92)63-74(101)82-59(71(98)81-60(40)72(99)83-61)39-26-41(88)33-42(27-39)103-53-30-36(17-20-48(53)89)58(78)69(96)85-63/h13,15-22,26-34,58-66,80,92-93H,5-12,14,23-25,35,78H2,1-4H3,(H12-,79,81,82,83,84,85,86,88,89,90,91,94,95,96,97,98,99,100,101,102)/p+1. The first-order valence-corrected chi connectivity index (χ1v) is 35.1. The molecule has 6 heterocycles. The van der Waals surface area contributed by atoms with Gasteiger partial charge in [-0.2, -0.15) is 0 Å². The molecule has 105 heavy (non-hydrogen) atoms. The summed E-state index contributed by atoms with van der Waals surface area (Å²) in [6.45, 7) is 4.07. The van der Waals surface area contributed by atoms with Crippen LogP contribution in [0.25, 0.3) is 11.1 Å². The number of likely N-dealkylation sites (N-methyl/N-ethyl adjacent to an activating group) is 1. The van der Waals surface area contributed by atoms with Crippen molar-refractivity contribution < 1.29 is 93.1 Å². The molecule has 0 fully saturated rings. The van der Waals surface area contributed by atoms with Gasteiger partial charge in [-0.3, -0.25) is 33.6 Å². The number of nitrogens with zero attached hydrogens (tertiary/aromatic N) is 1. The van der Waals surface area contributed by atoms with E-state index < -0.39 is 159 Å². The summed E-state index contributed by atoms with van der Waals surface area (Å²) in [4.78, 5) is 107. The lowest BCUT2D eigenvalue weighted by atomic mass is 9.85. The number of ether oxygens (including phenoxy) is 3. The van der Waals surface area contributed by atoms with E-state index in [4.69, 9.17) is 43.1 Å². The van der Waals surface area contributed by atoms with Gasteiger partial charge in [-0.15, -0.1) is 0 Å². The Bertz CT molecular complexity index is 4540. The van der Waals surface area contributed by atoms with Crippen molar-refractivity contribution in [3.63, 3.8) is 0 Å². The van der Waals surface area contributed by atoms with Crippen LogP contribution in [0.5, 0.6) is 69.0 Å². The van der Waals surface area contributed by atoms with Gasteiger partial charge in [-0.1, -0.05) is 99.0 Å². The Hall–Kier alpha value is -10.6. The van der Waals surface area contributed by atoms with Gasteiger partial charge in [0.2, 0.25) is 47.1 Å². The lowest BCUT2D eigenvalue weighted by molar-refractivity contribution is -0.890. The lowest BCUT2D eigenvalue weighted by Crippen LogP contribution is -2.55. The van der Waals surface area contributed by atoms with Crippen LogP contribution < -0.4 is 62.5 Å². The molecule has 13 rings (SSSR count). The van der Waals surface area contributed by atoms with E-state index >= 15 is 24.0 Å². The van der Waals surface area contributed by atoms with Crippen molar-refractivity contribution in [2.45, 2.75) is 126 Å². The molecule has 15 bridgehead atoms. The summed E-state index contributed by atoms with van der Waals surface area (Å²) >= 11 is 13.9. The van der Waals surface area contributed by atoms with Gasteiger partial charge in [0, 0.05) is 43.8 Å². The second-order valence-corrected chi connectivity index (χ2v) is 27.9. The fourth-order valence-electron chi connectivity index (χ4n) is 13.4. The zero-order valence-corrected chi connectivity index (χ0v) is 59.2. The molecule has 9 atom stereocenters. The number of hydrogen-bond donors (Lipinski definition) is 17. The zero-order valence-electron chi connectivity index (χ0n) is 57.7. The van der Waals surface area contributed by atoms with Crippen molar-refractivity contribution in [1.82, 2.24) is 42.5 Å². The first-order valence-electron chi connectivity index (χ1n) is 34.4. The summed E-state index contributed by atoms with van der Waals surface area (Å²) in [6, 6.07) is 6.56. The highest BCUT2D eigenvalue weighted by Crippen LogP contribution is 2.51. The van der Waals surface area contributed by atoms with E-state index in [0.717, 1.165) is 91.1 Å². The first kappa shape index (κ1) is 75.6. The summed E-state index contributed by atoms with van der Waals surface area (Å²) in [5, 5.41) is 117. The number of amides is 7. The number of phenols is 6. The number of phenolic OH excluding ortho intramolecular Hbond substituents is 6. The second kappa shape index (κ2) is 32.2. The molecule has 28 nitrogen and oxygen atoms in total. The minimum atomic E-state index is -2.27. The fraction of sp³-hybridized carbons (Fsp3) is 0.347. The lowest BCUT2D eigenvalue weighted by Gasteiger charge is -2.31. The third-order valence-electron chi connectivity index (χ3n) is 19.2. The molecule has 7 aromatic carbocycles. The molecule has 9 unspecified atom stereocenters. The number of halogens is 2. The molecule has 30 heteroatoms. The minimum absolute atomic E-state index is 0.0388. The minimum Gasteiger partial charge on any atom is -0.508 e. The van der Waals surface area contributed by atoms with Gasteiger partial charge in [-0.25, -0.2) is 0 Å². The summed E-state index contributed by atoms with van der Waals surface area (Å²) in [7, 11) is 5.53. The number of quaternary nitrogens is 1. The normalized spacial score (nSPS) is 21.0. The average Bonchev–Trinajstić information content (AvgIpc) is 1.67. The molecule has 0 saturated carbocycles. The van der Waals surface area contributed by atoms with Crippen molar-refractivity contribution in [3.8, 4) is 80.1 Å². The molecule has 6 aliphatic heterocycles. The smallest absolute Gasteiger partial charge is 0.248 e. The van der Waals surface area contributed by atoms with Gasteiger partial charge in [0.25, 0.3) is 0 Å². The first-order chi connectivity index (χ1) is 50.1. The maximum atomic E-state index is 16.3. The van der Waals surface area contributed by atoms with E-state index in [1.165, 1.54) is 94.1 Å². The number of nitrogens with one attached hydrogen (secondary N) is 8. The Labute approximate surface area is 613 Å². The van der Waals surface area contributed by atoms with Crippen LogP contribution >= 0.6 is 23.2 Å². The number of aromatic hydroxyl groups is 6. The van der Waals surface area contributed by atoms with Gasteiger partial charge in [0.05, 0.1) is 42.8 Å². The Morgan fingerprint density at radius 2 is 1.05 bits per heavy atom. The number of aliphatic hydroxyl groups is 2.